The zero-order chi connectivity index (χ0) is 23.0. The first-order valence-corrected chi connectivity index (χ1v) is 11.8. The van der Waals surface area contributed by atoms with Crippen LogP contribution in [0.25, 0.3) is 0 Å². The molecule has 0 spiro atoms. The average molecular weight is 501 g/mol. The second-order valence-corrected chi connectivity index (χ2v) is 10.2. The van der Waals surface area contributed by atoms with Gasteiger partial charge in [-0.15, -0.1) is 0 Å². The number of nitrogens with one attached hydrogen (secondary N) is 3. The Balaban J connectivity index is 0.00000306. The van der Waals surface area contributed by atoms with Crippen LogP contribution in [0.3, 0.4) is 0 Å². The summed E-state index contributed by atoms with van der Waals surface area (Å²) in [4.78, 5) is 30.3. The molecule has 1 aromatic heterocycles. The minimum atomic E-state index is -3.85. The van der Waals surface area contributed by atoms with Gasteiger partial charge in [0, 0.05) is 34.8 Å². The van der Waals surface area contributed by atoms with Crippen LogP contribution in [0, 0.1) is 34.4 Å². The second-order valence-electron chi connectivity index (χ2n) is 8.07. The lowest BCUT2D eigenvalue weighted by Gasteiger charge is -2.35. The van der Waals surface area contributed by atoms with Crippen molar-refractivity contribution in [3.8, 4) is 0 Å². The van der Waals surface area contributed by atoms with E-state index in [1.807, 2.05) is 0 Å². The molecule has 0 radical (unpaired) electrons. The molecule has 1 amide bonds. The molecular weight excluding hydrogens is 479 g/mol. The van der Waals surface area contributed by atoms with Crippen LogP contribution >= 0.6 is 11.6 Å². The fourth-order valence-electron chi connectivity index (χ4n) is 4.97. The Kier molecular flexibility index (Phi) is 7.26. The van der Waals surface area contributed by atoms with E-state index in [1.54, 1.807) is 5.18 Å². The number of sulfonamides is 1. The highest BCUT2D eigenvalue weighted by atomic mass is 35.5. The van der Waals surface area contributed by atoms with Crippen molar-refractivity contribution >= 4 is 39.0 Å². The Bertz CT molecular complexity index is 1170. The second kappa shape index (κ2) is 9.63. The first-order chi connectivity index (χ1) is 15.2. The van der Waals surface area contributed by atoms with Gasteiger partial charge in [0.25, 0.3) is 5.69 Å². The molecule has 2 aromatic rings. The normalized spacial score (nSPS) is 25.9. The highest BCUT2D eigenvalue weighted by Gasteiger charge is 2.55. The van der Waals surface area contributed by atoms with Crippen molar-refractivity contribution in [1.82, 2.24) is 14.7 Å². The fraction of sp³-hybridized carbons (Fsp3) is 0.421. The Morgan fingerprint density at radius 3 is 2.79 bits per heavy atom. The molecule has 2 aliphatic carbocycles. The molecule has 178 valence electrons. The summed E-state index contributed by atoms with van der Waals surface area (Å²) in [6.45, 7) is 0.120. The molecule has 2 aliphatic rings. The minimum absolute atomic E-state index is 0. The van der Waals surface area contributed by atoms with Gasteiger partial charge in [-0.2, -0.15) is 4.98 Å². The molecule has 11 nitrogen and oxygen atoms in total. The lowest BCUT2D eigenvalue weighted by Crippen LogP contribution is -2.55. The average Bonchev–Trinajstić information content (AvgIpc) is 3.33. The van der Waals surface area contributed by atoms with Gasteiger partial charge in [0.15, 0.2) is 11.6 Å². The lowest BCUT2D eigenvalue weighted by atomic mass is 9.78. The van der Waals surface area contributed by atoms with Gasteiger partial charge in [0.1, 0.15) is 0 Å². The maximum Gasteiger partial charge on any atom is 0.254 e. The molecule has 4 rings (SSSR count). The number of fused-ring (bicyclic) bond motifs is 2. The van der Waals surface area contributed by atoms with Crippen molar-refractivity contribution in [3.05, 3.63) is 46.5 Å². The Hall–Kier alpha value is -2.74. The van der Waals surface area contributed by atoms with Crippen molar-refractivity contribution < 1.29 is 28.3 Å². The number of hydrogen-bond acceptors (Lipinski definition) is 8. The molecular formula is C19H22ClFN6O5S. The molecule has 6 N–H and O–H groups in total. The molecule has 5 atom stereocenters. The molecule has 0 unspecified atom stereocenters. The standard InChI is InChI=1S/C19H20ClFN6O4S.H2O/c20-19-23-8-14(21)18(26-19)25-16-13-5-9(15(16)17(22)28)4-10(13)7-24-32(30,31)12-3-1-2-11(6-12)27-29;/h1-3,6,8-10,13,15-16,24H,4-5,7H2,(H2,22,28)(H,23,25,26);1H2/t9-,10+,13-,15+,16-;/m1./s1. The molecule has 14 heteroatoms. The topological polar surface area (TPSA) is 188 Å². The highest BCUT2D eigenvalue weighted by Crippen LogP contribution is 2.52. The largest absolute Gasteiger partial charge is 0.870 e. The van der Waals surface area contributed by atoms with Crippen LogP contribution in [0.15, 0.2) is 35.4 Å². The van der Waals surface area contributed by atoms with Crippen LogP contribution in [-0.2, 0) is 14.8 Å². The van der Waals surface area contributed by atoms with E-state index in [-0.39, 0.29) is 51.5 Å². The van der Waals surface area contributed by atoms with Gasteiger partial charge in [-0.25, -0.2) is 22.5 Å². The Morgan fingerprint density at radius 2 is 2.09 bits per heavy atom. The lowest BCUT2D eigenvalue weighted by molar-refractivity contribution is -0.379. The maximum atomic E-state index is 14.2. The highest BCUT2D eigenvalue weighted by molar-refractivity contribution is 7.89. The molecule has 1 aromatic carbocycles. The van der Waals surface area contributed by atoms with E-state index in [1.165, 1.54) is 24.3 Å². The van der Waals surface area contributed by atoms with Crippen molar-refractivity contribution in [2.24, 2.45) is 29.4 Å². The monoisotopic (exact) mass is 500 g/mol. The summed E-state index contributed by atoms with van der Waals surface area (Å²) < 4.78 is 42.1. The molecule has 1 heterocycles. The third-order valence-corrected chi connectivity index (χ3v) is 7.89. The number of nitrogens with zero attached hydrogens (tertiary/aromatic N) is 2. The van der Waals surface area contributed by atoms with E-state index in [2.05, 4.69) is 20.0 Å². The number of amides is 1. The third kappa shape index (κ3) is 4.95. The molecule has 2 fully saturated rings. The number of primary amides is 1. The van der Waals surface area contributed by atoms with E-state index in [4.69, 9.17) is 17.3 Å². The van der Waals surface area contributed by atoms with Crippen molar-refractivity contribution in [3.63, 3.8) is 0 Å². The van der Waals surface area contributed by atoms with Crippen LogP contribution in [0.1, 0.15) is 12.8 Å². The smallest absolute Gasteiger partial charge is 0.254 e. The zero-order valence-electron chi connectivity index (χ0n) is 17.1. The Labute approximate surface area is 193 Å². The summed E-state index contributed by atoms with van der Waals surface area (Å²) in [7, 11) is -3.85. The number of aromatic nitrogens is 2. The first kappa shape index (κ1) is 24.9. The predicted molar refractivity (Wildman–Crippen MR) is 114 cm³/mol. The first-order valence-electron chi connectivity index (χ1n) is 9.91. The van der Waals surface area contributed by atoms with E-state index in [0.717, 1.165) is 6.20 Å². The molecule has 0 saturated heterocycles. The number of carbonyl (C=O) groups excluding carboxylic acids is 1. The zero-order valence-corrected chi connectivity index (χ0v) is 18.7. The maximum absolute atomic E-state index is 14.2. The van der Waals surface area contributed by atoms with Gasteiger partial charge in [-0.05, 0) is 48.3 Å². The fourth-order valence-corrected chi connectivity index (χ4v) is 6.24. The summed E-state index contributed by atoms with van der Waals surface area (Å²) in [6.07, 6.45) is 2.18. The molecule has 2 saturated carbocycles. The summed E-state index contributed by atoms with van der Waals surface area (Å²) >= 11 is 5.77. The van der Waals surface area contributed by atoms with Crippen LogP contribution in [-0.4, -0.2) is 42.4 Å². The van der Waals surface area contributed by atoms with E-state index >= 15 is 0 Å². The quantitative estimate of drug-likeness (QED) is 0.366. The van der Waals surface area contributed by atoms with Gasteiger partial charge in [0.05, 0.1) is 17.0 Å². The van der Waals surface area contributed by atoms with Crippen LogP contribution in [0.2, 0.25) is 5.28 Å². The Morgan fingerprint density at radius 1 is 1.33 bits per heavy atom. The number of halogens is 2. The summed E-state index contributed by atoms with van der Waals surface area (Å²) in [5.41, 5.74) is 5.75. The number of benzene rings is 1. The number of carbonyl (C=O) groups is 1. The van der Waals surface area contributed by atoms with Crippen molar-refractivity contribution in [2.75, 3.05) is 11.9 Å². The SMILES string of the molecule is NC(=O)[C@H]1[C@@H]2C[C@@H](CNS(=O)(=O)c3cccc([NH+]=O)c3)[C@@H](C2)[C@H]1Nc1nc(Cl)ncc1F.[OH-]. The van der Waals surface area contributed by atoms with Gasteiger partial charge >= 0.3 is 0 Å². The molecule has 33 heavy (non-hydrogen) atoms. The summed E-state index contributed by atoms with van der Waals surface area (Å²) in [5, 5.41) is 4.48. The summed E-state index contributed by atoms with van der Waals surface area (Å²) in [6, 6.07) is 5.03. The van der Waals surface area contributed by atoms with E-state index in [9.17, 15) is 22.5 Å². The number of hydrogen-bond donors (Lipinski definition) is 4. The summed E-state index contributed by atoms with van der Waals surface area (Å²) in [5.74, 6) is -2.19. The van der Waals surface area contributed by atoms with Crippen LogP contribution < -0.4 is 20.9 Å². The van der Waals surface area contributed by atoms with Crippen molar-refractivity contribution in [1.29, 1.82) is 0 Å². The van der Waals surface area contributed by atoms with Gasteiger partial charge in [-0.1, -0.05) is 6.07 Å². The van der Waals surface area contributed by atoms with Gasteiger partial charge < -0.3 is 16.5 Å². The minimum Gasteiger partial charge on any atom is -0.870 e. The number of anilines is 1. The number of nitroso groups, excluding NO2 is 1. The van der Waals surface area contributed by atoms with Crippen molar-refractivity contribution in [2.45, 2.75) is 23.8 Å². The number of rotatable bonds is 8. The third-order valence-electron chi connectivity index (χ3n) is 6.29. The van der Waals surface area contributed by atoms with Crippen LogP contribution in [0.5, 0.6) is 0 Å². The molecule has 2 bridgehead atoms. The molecule has 0 aliphatic heterocycles. The van der Waals surface area contributed by atoms with E-state index < -0.39 is 33.7 Å². The van der Waals surface area contributed by atoms with E-state index in [0.29, 0.717) is 12.8 Å². The predicted octanol–water partition coefficient (Wildman–Crippen LogP) is 0.0873. The van der Waals surface area contributed by atoms with Crippen LogP contribution in [0.4, 0.5) is 15.9 Å². The van der Waals surface area contributed by atoms with Gasteiger partial charge in [0.2, 0.25) is 21.2 Å². The van der Waals surface area contributed by atoms with Gasteiger partial charge in [-0.3, -0.25) is 4.79 Å². The number of nitrogens with two attached hydrogens (primary N) is 1.